The van der Waals surface area contributed by atoms with Gasteiger partial charge in [-0.3, -0.25) is 4.79 Å². The molecule has 0 aromatic carbocycles. The van der Waals surface area contributed by atoms with Gasteiger partial charge in [-0.2, -0.15) is 0 Å². The van der Waals surface area contributed by atoms with Gasteiger partial charge in [0.25, 0.3) is 0 Å². The van der Waals surface area contributed by atoms with Crippen LogP contribution in [0.25, 0.3) is 0 Å². The van der Waals surface area contributed by atoms with Gasteiger partial charge in [0.05, 0.1) is 12.2 Å². The molecule has 0 spiro atoms. The molecule has 27 heavy (non-hydrogen) atoms. The summed E-state index contributed by atoms with van der Waals surface area (Å²) in [6, 6.07) is 0. The fraction of sp³-hybridized carbons (Fsp3) is 0.773. The van der Waals surface area contributed by atoms with Gasteiger partial charge in [-0.15, -0.1) is 0 Å². The van der Waals surface area contributed by atoms with E-state index < -0.39 is 24.3 Å². The molecule has 0 aromatic rings. The van der Waals surface area contributed by atoms with E-state index in [0.29, 0.717) is 6.42 Å². The van der Waals surface area contributed by atoms with E-state index in [0.717, 1.165) is 32.1 Å². The number of aliphatic hydroxyl groups is 1. The first-order valence-electron chi connectivity index (χ1n) is 10.3. The molecular formula is C22H35FO4. The summed E-state index contributed by atoms with van der Waals surface area (Å²) >= 11 is 0. The minimum atomic E-state index is -1.08. The summed E-state index contributed by atoms with van der Waals surface area (Å²) < 4.78 is 20.8. The molecule has 1 heterocycles. The van der Waals surface area contributed by atoms with E-state index in [9.17, 15) is 14.3 Å². The quantitative estimate of drug-likeness (QED) is 0.539. The summed E-state index contributed by atoms with van der Waals surface area (Å²) in [5, 5.41) is 19.2. The number of carboxylic acid groups (broad SMARTS) is 1. The smallest absolute Gasteiger partial charge is 0.303 e. The van der Waals surface area contributed by atoms with Crippen molar-refractivity contribution in [1.82, 2.24) is 0 Å². The Morgan fingerprint density at radius 1 is 1.33 bits per heavy atom. The van der Waals surface area contributed by atoms with Gasteiger partial charge < -0.3 is 14.9 Å². The topological polar surface area (TPSA) is 66.8 Å². The van der Waals surface area contributed by atoms with Crippen molar-refractivity contribution in [2.45, 2.75) is 90.2 Å². The van der Waals surface area contributed by atoms with Crippen LogP contribution in [0.4, 0.5) is 4.39 Å². The van der Waals surface area contributed by atoms with Gasteiger partial charge in [0.2, 0.25) is 0 Å². The zero-order valence-electron chi connectivity index (χ0n) is 16.8. The number of rotatable bonds is 10. The molecule has 2 N–H and O–H groups in total. The molecule has 4 nitrogen and oxygen atoms in total. The third-order valence-electron chi connectivity index (χ3n) is 6.09. The average Bonchev–Trinajstić information content (AvgIpc) is 3.15. The second-order valence-corrected chi connectivity index (χ2v) is 8.68. The van der Waals surface area contributed by atoms with Crippen LogP contribution in [0, 0.1) is 17.3 Å². The molecule has 0 radical (unpaired) electrons. The first-order chi connectivity index (χ1) is 12.8. The van der Waals surface area contributed by atoms with Gasteiger partial charge in [-0.1, -0.05) is 57.9 Å². The molecule has 1 aliphatic heterocycles. The van der Waals surface area contributed by atoms with Gasteiger partial charge in [0.15, 0.2) is 0 Å². The Labute approximate surface area is 162 Å². The number of halogens is 1. The Kier molecular flexibility index (Phi) is 8.04. The highest BCUT2D eigenvalue weighted by molar-refractivity contribution is 5.66. The zero-order valence-corrected chi connectivity index (χ0v) is 16.8. The number of aliphatic carboxylic acids is 1. The molecule has 154 valence electrons. The Bertz CT molecular complexity index is 542. The Balaban J connectivity index is 1.92. The van der Waals surface area contributed by atoms with Crippen LogP contribution in [0.15, 0.2) is 24.3 Å². The molecule has 0 aromatic heterocycles. The monoisotopic (exact) mass is 382 g/mol. The van der Waals surface area contributed by atoms with Gasteiger partial charge in [-0.05, 0) is 37.0 Å². The maximum atomic E-state index is 14.9. The van der Waals surface area contributed by atoms with Crippen LogP contribution in [0.1, 0.15) is 65.7 Å². The second kappa shape index (κ2) is 9.83. The number of hydrogen-bond acceptors (Lipinski definition) is 3. The summed E-state index contributed by atoms with van der Waals surface area (Å²) in [6.45, 7) is 6.29. The maximum absolute atomic E-state index is 14.9. The van der Waals surface area contributed by atoms with Gasteiger partial charge in [0.1, 0.15) is 12.3 Å². The Morgan fingerprint density at radius 3 is 2.74 bits per heavy atom. The van der Waals surface area contributed by atoms with Gasteiger partial charge >= 0.3 is 5.97 Å². The normalized spacial score (nSPS) is 32.4. The predicted molar refractivity (Wildman–Crippen MR) is 104 cm³/mol. The van der Waals surface area contributed by atoms with Crippen molar-refractivity contribution in [3.63, 3.8) is 0 Å². The fourth-order valence-corrected chi connectivity index (χ4v) is 4.22. The Morgan fingerprint density at radius 2 is 2.07 bits per heavy atom. The number of carbonyl (C=O) groups is 1. The van der Waals surface area contributed by atoms with Crippen LogP contribution < -0.4 is 0 Å². The first kappa shape index (κ1) is 22.1. The van der Waals surface area contributed by atoms with Crippen LogP contribution in [0.5, 0.6) is 0 Å². The summed E-state index contributed by atoms with van der Waals surface area (Å²) in [5.41, 5.74) is -0.179. The summed E-state index contributed by atoms with van der Waals surface area (Å²) in [4.78, 5) is 10.6. The summed E-state index contributed by atoms with van der Waals surface area (Å²) in [6.07, 6.45) is 10.2. The molecule has 5 heteroatoms. The van der Waals surface area contributed by atoms with Crippen molar-refractivity contribution < 1.29 is 24.1 Å². The molecule has 0 amide bonds. The minimum absolute atomic E-state index is 0.0457. The number of allylic oxidation sites excluding steroid dienone is 2. The molecule has 0 bridgehead atoms. The molecule has 1 saturated carbocycles. The molecule has 2 fully saturated rings. The minimum Gasteiger partial charge on any atom is -0.481 e. The van der Waals surface area contributed by atoms with Crippen LogP contribution >= 0.6 is 0 Å². The van der Waals surface area contributed by atoms with Crippen molar-refractivity contribution in [1.29, 1.82) is 0 Å². The predicted octanol–water partition coefficient (Wildman–Crippen LogP) is 4.67. The number of ether oxygens (including phenoxy) is 1. The van der Waals surface area contributed by atoms with Crippen LogP contribution in [0.2, 0.25) is 0 Å². The first-order valence-corrected chi connectivity index (χ1v) is 10.3. The van der Waals surface area contributed by atoms with E-state index in [1.54, 1.807) is 12.2 Å². The highest BCUT2D eigenvalue weighted by Crippen LogP contribution is 2.46. The number of alkyl halides is 1. The van der Waals surface area contributed by atoms with Crippen LogP contribution in [0.3, 0.4) is 0 Å². The Hall–Kier alpha value is -1.20. The second-order valence-electron chi connectivity index (χ2n) is 8.68. The van der Waals surface area contributed by atoms with E-state index in [-0.39, 0.29) is 29.8 Å². The number of carboxylic acids is 1. The summed E-state index contributed by atoms with van der Waals surface area (Å²) in [5.74, 6) is -0.952. The molecule has 6 atom stereocenters. The molecular weight excluding hydrogens is 347 g/mol. The SMILES string of the molecule is CCCCC(C)(C)[C@H](O)C=C[C@H]1CC[C@H]2O[C@H](C=CCCC(=O)O)[C@@H](F)[C@H]12. The maximum Gasteiger partial charge on any atom is 0.303 e. The highest BCUT2D eigenvalue weighted by atomic mass is 19.1. The third-order valence-corrected chi connectivity index (χ3v) is 6.09. The molecule has 0 unspecified atom stereocenters. The third kappa shape index (κ3) is 5.89. The van der Waals surface area contributed by atoms with Crippen molar-refractivity contribution >= 4 is 5.97 Å². The van der Waals surface area contributed by atoms with Crippen molar-refractivity contribution in [3.8, 4) is 0 Å². The molecule has 2 aliphatic rings. The van der Waals surface area contributed by atoms with Crippen LogP contribution in [-0.4, -0.2) is 40.7 Å². The molecule has 1 saturated heterocycles. The number of fused-ring (bicyclic) bond motifs is 1. The van der Waals surface area contributed by atoms with Crippen LogP contribution in [-0.2, 0) is 9.53 Å². The van der Waals surface area contributed by atoms with E-state index >= 15 is 0 Å². The number of aliphatic hydroxyl groups excluding tert-OH is 1. The van der Waals surface area contributed by atoms with Crippen molar-refractivity contribution in [3.05, 3.63) is 24.3 Å². The van der Waals surface area contributed by atoms with Crippen molar-refractivity contribution in [2.24, 2.45) is 17.3 Å². The van der Waals surface area contributed by atoms with E-state index in [1.807, 2.05) is 12.2 Å². The lowest BCUT2D eigenvalue weighted by molar-refractivity contribution is -0.136. The van der Waals surface area contributed by atoms with E-state index in [1.165, 1.54) is 0 Å². The van der Waals surface area contributed by atoms with E-state index in [2.05, 4.69) is 20.8 Å². The fourth-order valence-electron chi connectivity index (χ4n) is 4.22. The summed E-state index contributed by atoms with van der Waals surface area (Å²) in [7, 11) is 0. The molecule has 2 rings (SSSR count). The zero-order chi connectivity index (χ0) is 20.0. The van der Waals surface area contributed by atoms with Gasteiger partial charge in [-0.25, -0.2) is 4.39 Å². The highest BCUT2D eigenvalue weighted by Gasteiger charge is 2.50. The number of unbranched alkanes of at least 4 members (excludes halogenated alkanes) is 1. The van der Waals surface area contributed by atoms with E-state index in [4.69, 9.17) is 9.84 Å². The lowest BCUT2D eigenvalue weighted by Gasteiger charge is -2.29. The van der Waals surface area contributed by atoms with Crippen molar-refractivity contribution in [2.75, 3.05) is 0 Å². The molecule has 1 aliphatic carbocycles. The van der Waals surface area contributed by atoms with Gasteiger partial charge in [0, 0.05) is 12.3 Å². The largest absolute Gasteiger partial charge is 0.481 e. The standard InChI is InChI=1S/C22H35FO4/c1-4-5-14-22(2,3)18(24)13-11-15-10-12-16-20(15)21(23)17(27-16)8-6-7-9-19(25)26/h6,8,11,13,15-18,20-21,24H,4-5,7,9-10,12,14H2,1-3H3,(H,25,26)/t15-,16-,17-,18-,20-,21-/m1/s1. The lowest BCUT2D eigenvalue weighted by Crippen LogP contribution is -2.28. The number of hydrogen-bond donors (Lipinski definition) is 2. The lowest BCUT2D eigenvalue weighted by atomic mass is 9.80. The average molecular weight is 383 g/mol.